The quantitative estimate of drug-likeness (QED) is 0.637. The minimum atomic E-state index is -0.517. The van der Waals surface area contributed by atoms with Gasteiger partial charge in [-0.25, -0.2) is 9.18 Å². The average Bonchev–Trinajstić information content (AvgIpc) is 2.39. The number of carbonyl (C=O) groups is 1. The molecule has 0 fully saturated rings. The second-order valence-electron chi connectivity index (χ2n) is 7.40. The molecule has 0 atom stereocenters. The number of alkyl carbamates (subject to hydrolysis) is 1. The van der Waals surface area contributed by atoms with E-state index in [1.165, 1.54) is 6.07 Å². The minimum absolute atomic E-state index is 0.227. The summed E-state index contributed by atoms with van der Waals surface area (Å²) in [6.45, 7) is 10.1. The smallest absolute Gasteiger partial charge is 0.408 e. The molecule has 0 saturated heterocycles. The Bertz CT molecular complexity index is 556. The van der Waals surface area contributed by atoms with Crippen LogP contribution >= 0.6 is 15.9 Å². The fourth-order valence-corrected chi connectivity index (χ4v) is 2.50. The first kappa shape index (κ1) is 20.9. The summed E-state index contributed by atoms with van der Waals surface area (Å²) in [5.41, 5.74) is -0.389. The molecule has 136 valence electrons. The third-order valence-corrected chi connectivity index (χ3v) is 3.69. The van der Waals surface area contributed by atoms with Crippen LogP contribution in [0.3, 0.4) is 0 Å². The molecule has 1 aromatic rings. The van der Waals surface area contributed by atoms with Crippen molar-refractivity contribution >= 4 is 22.0 Å². The van der Waals surface area contributed by atoms with Crippen molar-refractivity contribution in [3.8, 4) is 0 Å². The molecule has 0 unspecified atom stereocenters. The number of carbonyl (C=O) groups excluding carboxylic acids is 1. The Morgan fingerprint density at radius 1 is 1.25 bits per heavy atom. The fourth-order valence-electron chi connectivity index (χ4n) is 2.09. The van der Waals surface area contributed by atoms with E-state index in [1.807, 2.05) is 34.6 Å². The van der Waals surface area contributed by atoms with Crippen molar-refractivity contribution in [2.75, 3.05) is 6.61 Å². The van der Waals surface area contributed by atoms with E-state index in [9.17, 15) is 9.18 Å². The molecule has 0 aliphatic rings. The van der Waals surface area contributed by atoms with Gasteiger partial charge in [-0.15, -0.1) is 0 Å². The maximum Gasteiger partial charge on any atom is 0.408 e. The number of hydrogen-bond acceptors (Lipinski definition) is 3. The Balaban J connectivity index is 2.30. The van der Waals surface area contributed by atoms with E-state index in [0.717, 1.165) is 17.3 Å². The molecule has 4 nitrogen and oxygen atoms in total. The van der Waals surface area contributed by atoms with Crippen molar-refractivity contribution in [3.05, 3.63) is 34.1 Å². The van der Waals surface area contributed by atoms with Gasteiger partial charge in [0.2, 0.25) is 0 Å². The molecule has 6 heteroatoms. The van der Waals surface area contributed by atoms with E-state index in [1.54, 1.807) is 12.1 Å². The summed E-state index contributed by atoms with van der Waals surface area (Å²) in [4.78, 5) is 11.8. The highest BCUT2D eigenvalue weighted by Gasteiger charge is 2.24. The lowest BCUT2D eigenvalue weighted by atomic mass is 9.99. The van der Waals surface area contributed by atoms with Gasteiger partial charge in [0.25, 0.3) is 0 Å². The molecular weight excluding hydrogens is 377 g/mol. The van der Waals surface area contributed by atoms with Crippen LogP contribution in [0.4, 0.5) is 9.18 Å². The van der Waals surface area contributed by atoms with Crippen molar-refractivity contribution < 1.29 is 18.7 Å². The Kier molecular flexibility index (Phi) is 7.67. The molecule has 0 aliphatic heterocycles. The first-order chi connectivity index (χ1) is 11.0. The largest absolute Gasteiger partial charge is 0.444 e. The Hall–Kier alpha value is -1.14. The van der Waals surface area contributed by atoms with Crippen molar-refractivity contribution in [1.29, 1.82) is 0 Å². The molecule has 0 bridgehead atoms. The Morgan fingerprint density at radius 2 is 1.92 bits per heavy atom. The van der Waals surface area contributed by atoms with Crippen LogP contribution in [0, 0.1) is 5.82 Å². The maximum absolute atomic E-state index is 13.6. The number of amides is 1. The molecule has 1 amide bonds. The topological polar surface area (TPSA) is 47.6 Å². The number of rotatable bonds is 7. The lowest BCUT2D eigenvalue weighted by molar-refractivity contribution is 0.0456. The molecular formula is C18H27BrFNO3. The highest BCUT2D eigenvalue weighted by molar-refractivity contribution is 9.10. The number of halogens is 2. The van der Waals surface area contributed by atoms with Crippen LogP contribution < -0.4 is 5.32 Å². The van der Waals surface area contributed by atoms with Crippen molar-refractivity contribution in [2.45, 2.75) is 65.2 Å². The first-order valence-electron chi connectivity index (χ1n) is 8.01. The summed E-state index contributed by atoms with van der Waals surface area (Å²) in [6.07, 6.45) is 1.05. The van der Waals surface area contributed by atoms with Crippen molar-refractivity contribution in [1.82, 2.24) is 5.32 Å². The van der Waals surface area contributed by atoms with Crippen molar-refractivity contribution in [3.63, 3.8) is 0 Å². The molecule has 0 spiro atoms. The van der Waals surface area contributed by atoms with Gasteiger partial charge >= 0.3 is 6.09 Å². The summed E-state index contributed by atoms with van der Waals surface area (Å²) in [5, 5.41) is 2.86. The standard InChI is InChI=1S/C18H27BrFNO3/c1-17(2,3)24-16(22)21-18(4,5)9-6-10-23-12-13-11-14(19)7-8-15(13)20/h7-8,11H,6,9-10,12H2,1-5H3,(H,21,22). The number of nitrogens with one attached hydrogen (secondary N) is 1. The van der Waals surface area contributed by atoms with Gasteiger partial charge in [-0.1, -0.05) is 15.9 Å². The van der Waals surface area contributed by atoms with Gasteiger partial charge in [0.05, 0.1) is 6.61 Å². The van der Waals surface area contributed by atoms with Crippen LogP contribution in [-0.2, 0) is 16.1 Å². The zero-order valence-electron chi connectivity index (χ0n) is 15.0. The maximum atomic E-state index is 13.6. The van der Waals surface area contributed by atoms with E-state index in [-0.39, 0.29) is 12.4 Å². The van der Waals surface area contributed by atoms with Gasteiger partial charge < -0.3 is 14.8 Å². The average molecular weight is 404 g/mol. The monoisotopic (exact) mass is 403 g/mol. The van der Waals surface area contributed by atoms with Crippen LogP contribution in [0.15, 0.2) is 22.7 Å². The Morgan fingerprint density at radius 3 is 2.54 bits per heavy atom. The van der Waals surface area contributed by atoms with E-state index in [4.69, 9.17) is 9.47 Å². The summed E-state index contributed by atoms with van der Waals surface area (Å²) >= 11 is 3.31. The summed E-state index contributed by atoms with van der Waals surface area (Å²) < 4.78 is 25.2. The molecule has 0 aromatic heterocycles. The lowest BCUT2D eigenvalue weighted by Crippen LogP contribution is -2.45. The van der Waals surface area contributed by atoms with Gasteiger partial charge in [0.15, 0.2) is 0 Å². The normalized spacial score (nSPS) is 12.1. The second-order valence-corrected chi connectivity index (χ2v) is 8.32. The zero-order chi connectivity index (χ0) is 18.4. The van der Waals surface area contributed by atoms with Crippen LogP contribution in [-0.4, -0.2) is 23.8 Å². The van der Waals surface area contributed by atoms with Gasteiger partial charge in [0, 0.05) is 22.2 Å². The highest BCUT2D eigenvalue weighted by atomic mass is 79.9. The molecule has 0 radical (unpaired) electrons. The summed E-state index contributed by atoms with van der Waals surface area (Å²) in [7, 11) is 0. The molecule has 0 saturated carbocycles. The predicted octanol–water partition coefficient (Wildman–Crippen LogP) is 5.19. The molecule has 1 rings (SSSR count). The Labute approximate surface area is 152 Å². The van der Waals surface area contributed by atoms with E-state index in [2.05, 4.69) is 21.2 Å². The van der Waals surface area contributed by atoms with Crippen LogP contribution in [0.2, 0.25) is 0 Å². The number of ether oxygens (including phenoxy) is 2. The molecule has 1 N–H and O–H groups in total. The minimum Gasteiger partial charge on any atom is -0.444 e. The first-order valence-corrected chi connectivity index (χ1v) is 8.81. The van der Waals surface area contributed by atoms with E-state index < -0.39 is 17.2 Å². The van der Waals surface area contributed by atoms with Gasteiger partial charge in [-0.05, 0) is 65.7 Å². The van der Waals surface area contributed by atoms with Gasteiger partial charge in [-0.3, -0.25) is 0 Å². The molecule has 0 heterocycles. The highest BCUT2D eigenvalue weighted by Crippen LogP contribution is 2.17. The SMILES string of the molecule is CC(C)(CCCOCc1cc(Br)ccc1F)NC(=O)OC(C)(C)C. The van der Waals surface area contributed by atoms with E-state index in [0.29, 0.717) is 12.2 Å². The molecule has 24 heavy (non-hydrogen) atoms. The number of hydrogen-bond donors (Lipinski definition) is 1. The second kappa shape index (κ2) is 8.81. The van der Waals surface area contributed by atoms with Crippen LogP contribution in [0.1, 0.15) is 53.0 Å². The lowest BCUT2D eigenvalue weighted by Gasteiger charge is -2.28. The van der Waals surface area contributed by atoms with Crippen LogP contribution in [0.25, 0.3) is 0 Å². The summed E-state index contributed by atoms with van der Waals surface area (Å²) in [5.74, 6) is -0.273. The van der Waals surface area contributed by atoms with Gasteiger partial charge in [-0.2, -0.15) is 0 Å². The summed E-state index contributed by atoms with van der Waals surface area (Å²) in [6, 6.07) is 4.78. The number of benzene rings is 1. The third kappa shape index (κ3) is 8.64. The zero-order valence-corrected chi connectivity index (χ0v) is 16.6. The predicted molar refractivity (Wildman–Crippen MR) is 96.4 cm³/mol. The van der Waals surface area contributed by atoms with Crippen LogP contribution in [0.5, 0.6) is 0 Å². The molecule has 1 aromatic carbocycles. The fraction of sp³-hybridized carbons (Fsp3) is 0.611. The molecule has 0 aliphatic carbocycles. The van der Waals surface area contributed by atoms with E-state index >= 15 is 0 Å². The van der Waals surface area contributed by atoms with Crippen molar-refractivity contribution in [2.24, 2.45) is 0 Å². The third-order valence-electron chi connectivity index (χ3n) is 3.20. The van der Waals surface area contributed by atoms with Gasteiger partial charge in [0.1, 0.15) is 11.4 Å².